The van der Waals surface area contributed by atoms with Crippen LogP contribution in [0.1, 0.15) is 19.5 Å². The molecule has 1 amide bonds. The molecule has 1 aromatic rings. The number of aromatic nitrogens is 2. The van der Waals surface area contributed by atoms with Crippen molar-refractivity contribution < 1.29 is 4.79 Å². The summed E-state index contributed by atoms with van der Waals surface area (Å²) in [5.41, 5.74) is 6.55. The Morgan fingerprint density at radius 1 is 1.62 bits per heavy atom. The lowest BCUT2D eigenvalue weighted by molar-refractivity contribution is -0.126. The lowest BCUT2D eigenvalue weighted by Gasteiger charge is -2.18. The second kappa shape index (κ2) is 5.65. The molecule has 5 nitrogen and oxygen atoms in total. The fourth-order valence-electron chi connectivity index (χ4n) is 1.57. The third-order valence-corrected chi connectivity index (χ3v) is 2.76. The monoisotopic (exact) mass is 224 g/mol. The molecule has 0 aliphatic rings. The van der Waals surface area contributed by atoms with Gasteiger partial charge in [0.25, 0.3) is 0 Å². The Bertz CT molecular complexity index is 346. The highest BCUT2D eigenvalue weighted by molar-refractivity contribution is 5.79. The number of rotatable bonds is 5. The maximum Gasteiger partial charge on any atom is 0.224 e. The predicted molar refractivity (Wildman–Crippen MR) is 62.4 cm³/mol. The van der Waals surface area contributed by atoms with Crippen LogP contribution in [0.3, 0.4) is 0 Å². The molecule has 0 bridgehead atoms. The highest BCUT2D eigenvalue weighted by atomic mass is 16.1. The summed E-state index contributed by atoms with van der Waals surface area (Å²) in [6.07, 6.45) is 1.71. The van der Waals surface area contributed by atoms with Crippen molar-refractivity contribution in [3.63, 3.8) is 0 Å². The summed E-state index contributed by atoms with van der Waals surface area (Å²) in [6.45, 7) is 4.88. The Hall–Kier alpha value is -1.36. The quantitative estimate of drug-likeness (QED) is 0.754. The SMILES string of the molecule is CC(C)C(CN)C(=O)NCc1ccnn1C. The van der Waals surface area contributed by atoms with Gasteiger partial charge in [-0.05, 0) is 12.0 Å². The van der Waals surface area contributed by atoms with Crippen molar-refractivity contribution in [1.82, 2.24) is 15.1 Å². The Morgan fingerprint density at radius 3 is 2.75 bits per heavy atom. The third kappa shape index (κ3) is 3.06. The van der Waals surface area contributed by atoms with Crippen molar-refractivity contribution >= 4 is 5.91 Å². The molecule has 16 heavy (non-hydrogen) atoms. The van der Waals surface area contributed by atoms with Gasteiger partial charge < -0.3 is 11.1 Å². The summed E-state index contributed by atoms with van der Waals surface area (Å²) in [5, 5.41) is 6.91. The maximum atomic E-state index is 11.8. The lowest BCUT2D eigenvalue weighted by atomic mass is 9.95. The summed E-state index contributed by atoms with van der Waals surface area (Å²) in [5.74, 6) is 0.156. The van der Waals surface area contributed by atoms with Crippen LogP contribution in [0, 0.1) is 11.8 Å². The molecule has 3 N–H and O–H groups in total. The van der Waals surface area contributed by atoms with Crippen LogP contribution < -0.4 is 11.1 Å². The van der Waals surface area contributed by atoms with E-state index in [-0.39, 0.29) is 17.7 Å². The number of nitrogens with two attached hydrogens (primary N) is 1. The van der Waals surface area contributed by atoms with E-state index in [4.69, 9.17) is 5.73 Å². The van der Waals surface area contributed by atoms with Gasteiger partial charge in [-0.1, -0.05) is 13.8 Å². The highest BCUT2D eigenvalue weighted by Crippen LogP contribution is 2.09. The number of hydrogen-bond acceptors (Lipinski definition) is 3. The van der Waals surface area contributed by atoms with Crippen LogP contribution in [0.5, 0.6) is 0 Å². The van der Waals surface area contributed by atoms with Crippen molar-refractivity contribution in [2.45, 2.75) is 20.4 Å². The molecule has 0 saturated carbocycles. The topological polar surface area (TPSA) is 72.9 Å². The smallest absolute Gasteiger partial charge is 0.224 e. The van der Waals surface area contributed by atoms with E-state index in [1.54, 1.807) is 10.9 Å². The predicted octanol–water partition coefficient (Wildman–Crippen LogP) is 0.267. The lowest BCUT2D eigenvalue weighted by Crippen LogP contribution is -2.37. The Kier molecular flexibility index (Phi) is 4.49. The van der Waals surface area contributed by atoms with Crippen molar-refractivity contribution in [2.75, 3.05) is 6.54 Å². The van der Waals surface area contributed by atoms with Gasteiger partial charge in [0.2, 0.25) is 5.91 Å². The molecular weight excluding hydrogens is 204 g/mol. The van der Waals surface area contributed by atoms with Gasteiger partial charge in [0.1, 0.15) is 0 Å². The molecule has 1 aromatic heterocycles. The molecule has 1 atom stereocenters. The normalized spacial score (nSPS) is 12.8. The molecule has 5 heteroatoms. The van der Waals surface area contributed by atoms with Crippen molar-refractivity contribution in [2.24, 2.45) is 24.6 Å². The summed E-state index contributed by atoms with van der Waals surface area (Å²) in [6, 6.07) is 1.88. The number of nitrogens with zero attached hydrogens (tertiary/aromatic N) is 2. The first-order chi connectivity index (χ1) is 7.56. The molecule has 1 unspecified atom stereocenters. The zero-order valence-electron chi connectivity index (χ0n) is 10.1. The van der Waals surface area contributed by atoms with Crippen molar-refractivity contribution in [3.8, 4) is 0 Å². The molecule has 0 fully saturated rings. The van der Waals surface area contributed by atoms with Crippen LogP contribution in [-0.2, 0) is 18.4 Å². The van der Waals surface area contributed by atoms with Gasteiger partial charge in [0, 0.05) is 19.8 Å². The molecule has 0 saturated heterocycles. The highest BCUT2D eigenvalue weighted by Gasteiger charge is 2.20. The van der Waals surface area contributed by atoms with Gasteiger partial charge in [-0.3, -0.25) is 9.48 Å². The van der Waals surface area contributed by atoms with Gasteiger partial charge in [0.15, 0.2) is 0 Å². The molecule has 1 rings (SSSR count). The standard InChI is InChI=1S/C11H20N4O/c1-8(2)10(6-12)11(16)13-7-9-4-5-14-15(9)3/h4-5,8,10H,6-7,12H2,1-3H3,(H,13,16). The largest absolute Gasteiger partial charge is 0.350 e. The van der Waals surface area contributed by atoms with E-state index in [1.807, 2.05) is 27.0 Å². The van der Waals surface area contributed by atoms with E-state index in [0.717, 1.165) is 5.69 Å². The van der Waals surface area contributed by atoms with E-state index in [9.17, 15) is 4.79 Å². The van der Waals surface area contributed by atoms with Gasteiger partial charge in [-0.25, -0.2) is 0 Å². The molecular formula is C11H20N4O. The average Bonchev–Trinajstić information content (AvgIpc) is 2.61. The Morgan fingerprint density at radius 2 is 2.31 bits per heavy atom. The van der Waals surface area contributed by atoms with E-state index in [1.165, 1.54) is 0 Å². The first kappa shape index (κ1) is 12.7. The third-order valence-electron chi connectivity index (χ3n) is 2.76. The second-order valence-corrected chi connectivity index (χ2v) is 4.25. The van der Waals surface area contributed by atoms with Gasteiger partial charge in [0.05, 0.1) is 18.2 Å². The van der Waals surface area contributed by atoms with Crippen LogP contribution in [-0.4, -0.2) is 22.2 Å². The Balaban J connectivity index is 2.49. The van der Waals surface area contributed by atoms with E-state index < -0.39 is 0 Å². The van der Waals surface area contributed by atoms with Crippen molar-refractivity contribution in [3.05, 3.63) is 18.0 Å². The molecule has 0 spiro atoms. The van der Waals surface area contributed by atoms with E-state index in [0.29, 0.717) is 13.1 Å². The van der Waals surface area contributed by atoms with Gasteiger partial charge in [-0.15, -0.1) is 0 Å². The number of amides is 1. The minimum Gasteiger partial charge on any atom is -0.350 e. The average molecular weight is 224 g/mol. The minimum absolute atomic E-state index is 0.0127. The second-order valence-electron chi connectivity index (χ2n) is 4.25. The van der Waals surface area contributed by atoms with Crippen molar-refractivity contribution in [1.29, 1.82) is 0 Å². The number of carbonyl (C=O) groups excluding carboxylic acids is 1. The molecule has 90 valence electrons. The number of aryl methyl sites for hydroxylation is 1. The molecule has 0 radical (unpaired) electrons. The molecule has 1 heterocycles. The Labute approximate surface area is 96.0 Å². The first-order valence-corrected chi connectivity index (χ1v) is 5.51. The first-order valence-electron chi connectivity index (χ1n) is 5.51. The van der Waals surface area contributed by atoms with Gasteiger partial charge in [-0.2, -0.15) is 5.10 Å². The zero-order valence-corrected chi connectivity index (χ0v) is 10.1. The summed E-state index contributed by atoms with van der Waals surface area (Å²) in [7, 11) is 1.85. The van der Waals surface area contributed by atoms with Crippen LogP contribution in [0.2, 0.25) is 0 Å². The number of carbonyl (C=O) groups is 1. The van der Waals surface area contributed by atoms with Crippen LogP contribution in [0.25, 0.3) is 0 Å². The maximum absolute atomic E-state index is 11.8. The van der Waals surface area contributed by atoms with Crippen LogP contribution >= 0.6 is 0 Å². The van der Waals surface area contributed by atoms with Crippen LogP contribution in [0.4, 0.5) is 0 Å². The fraction of sp³-hybridized carbons (Fsp3) is 0.636. The molecule has 0 aromatic carbocycles. The molecule has 0 aliphatic heterocycles. The molecule has 0 aliphatic carbocycles. The number of hydrogen-bond donors (Lipinski definition) is 2. The zero-order chi connectivity index (χ0) is 12.1. The summed E-state index contributed by atoms with van der Waals surface area (Å²) >= 11 is 0. The van der Waals surface area contributed by atoms with E-state index >= 15 is 0 Å². The fourth-order valence-corrected chi connectivity index (χ4v) is 1.57. The summed E-state index contributed by atoms with van der Waals surface area (Å²) in [4.78, 5) is 11.8. The summed E-state index contributed by atoms with van der Waals surface area (Å²) < 4.78 is 1.74. The minimum atomic E-state index is -0.117. The van der Waals surface area contributed by atoms with Gasteiger partial charge >= 0.3 is 0 Å². The number of nitrogens with one attached hydrogen (secondary N) is 1. The van der Waals surface area contributed by atoms with Crippen LogP contribution in [0.15, 0.2) is 12.3 Å². The van der Waals surface area contributed by atoms with E-state index in [2.05, 4.69) is 10.4 Å².